The van der Waals surface area contributed by atoms with E-state index in [4.69, 9.17) is 0 Å². The molecule has 0 unspecified atom stereocenters. The summed E-state index contributed by atoms with van der Waals surface area (Å²) in [5.74, 6) is -0.155. The van der Waals surface area contributed by atoms with Gasteiger partial charge in [0.1, 0.15) is 0 Å². The van der Waals surface area contributed by atoms with Crippen molar-refractivity contribution in [2.75, 3.05) is 4.72 Å². The maximum Gasteiger partial charge on any atom is 0.261 e. The average molecular weight is 490 g/mol. The van der Waals surface area contributed by atoms with Crippen LogP contribution < -0.4 is 10.0 Å². The molecule has 180 valence electrons. The third kappa shape index (κ3) is 5.71. The van der Waals surface area contributed by atoms with E-state index in [1.165, 1.54) is 12.1 Å². The summed E-state index contributed by atoms with van der Waals surface area (Å²) < 4.78 is 27.6. The number of sulfonamides is 1. The fraction of sp³-hybridized carbons (Fsp3) is 0.259. The zero-order valence-electron chi connectivity index (χ0n) is 19.2. The van der Waals surface area contributed by atoms with Crippen molar-refractivity contribution in [1.82, 2.24) is 10.2 Å². The van der Waals surface area contributed by atoms with Gasteiger partial charge in [-0.05, 0) is 79.8 Å². The largest absolute Gasteiger partial charge is 0.349 e. The number of amides is 2. The molecule has 0 spiro atoms. The van der Waals surface area contributed by atoms with Gasteiger partial charge < -0.3 is 10.2 Å². The Morgan fingerprint density at radius 1 is 0.800 bits per heavy atom. The number of anilines is 1. The number of hydrogen-bond acceptors (Lipinski definition) is 4. The number of carbonyl (C=O) groups is 2. The molecule has 0 saturated heterocycles. The van der Waals surface area contributed by atoms with Crippen molar-refractivity contribution >= 4 is 27.5 Å². The van der Waals surface area contributed by atoms with Crippen LogP contribution >= 0.6 is 0 Å². The van der Waals surface area contributed by atoms with Crippen LogP contribution in [0.3, 0.4) is 0 Å². The van der Waals surface area contributed by atoms with Crippen LogP contribution in [0.4, 0.5) is 5.69 Å². The third-order valence-electron chi connectivity index (χ3n) is 6.17. The van der Waals surface area contributed by atoms with Crippen LogP contribution in [0, 0.1) is 0 Å². The molecule has 0 bridgehead atoms. The standard InChI is InChI=1S/C27H27N3O4S/c31-26(28-22-14-15-22)20-8-6-19(7-9-20)18-30(24-16-17-24)27(32)21-10-12-23(13-11-21)29-35(33,34)25-4-2-1-3-5-25/h1-13,22,24,29H,14-18H2,(H,28,31). The topological polar surface area (TPSA) is 95.6 Å². The van der Waals surface area contributed by atoms with Gasteiger partial charge in [0.2, 0.25) is 0 Å². The lowest BCUT2D eigenvalue weighted by molar-refractivity contribution is 0.0729. The fourth-order valence-corrected chi connectivity index (χ4v) is 4.95. The van der Waals surface area contributed by atoms with Gasteiger partial charge in [-0.2, -0.15) is 0 Å². The van der Waals surface area contributed by atoms with Crippen LogP contribution in [0.1, 0.15) is 52.0 Å². The second-order valence-corrected chi connectivity index (χ2v) is 10.8. The molecule has 0 heterocycles. The highest BCUT2D eigenvalue weighted by Crippen LogP contribution is 2.30. The fourth-order valence-electron chi connectivity index (χ4n) is 3.87. The Balaban J connectivity index is 1.25. The van der Waals surface area contributed by atoms with Crippen molar-refractivity contribution in [3.05, 3.63) is 95.6 Å². The van der Waals surface area contributed by atoms with Crippen molar-refractivity contribution in [2.24, 2.45) is 0 Å². The predicted octanol–water partition coefficient (Wildman–Crippen LogP) is 4.18. The summed E-state index contributed by atoms with van der Waals surface area (Å²) >= 11 is 0. The van der Waals surface area contributed by atoms with Crippen LogP contribution in [0.25, 0.3) is 0 Å². The SMILES string of the molecule is O=C(NC1CC1)c1ccc(CN(C(=O)c2ccc(NS(=O)(=O)c3ccccc3)cc2)C2CC2)cc1. The van der Waals surface area contributed by atoms with Gasteiger partial charge in [-0.1, -0.05) is 30.3 Å². The minimum Gasteiger partial charge on any atom is -0.349 e. The smallest absolute Gasteiger partial charge is 0.261 e. The minimum absolute atomic E-state index is 0.0582. The first-order valence-electron chi connectivity index (χ1n) is 11.8. The van der Waals surface area contributed by atoms with E-state index in [2.05, 4.69) is 10.0 Å². The summed E-state index contributed by atoms with van der Waals surface area (Å²) in [6.45, 7) is 0.455. The zero-order chi connectivity index (χ0) is 24.4. The lowest BCUT2D eigenvalue weighted by Crippen LogP contribution is -2.32. The number of benzene rings is 3. The molecule has 3 aromatic carbocycles. The highest BCUT2D eigenvalue weighted by atomic mass is 32.2. The third-order valence-corrected chi connectivity index (χ3v) is 7.56. The van der Waals surface area contributed by atoms with E-state index < -0.39 is 10.0 Å². The first kappa shape index (κ1) is 23.1. The molecule has 2 saturated carbocycles. The minimum atomic E-state index is -3.69. The van der Waals surface area contributed by atoms with Gasteiger partial charge in [0.25, 0.3) is 21.8 Å². The van der Waals surface area contributed by atoms with Gasteiger partial charge in [0, 0.05) is 35.4 Å². The van der Waals surface area contributed by atoms with Crippen molar-refractivity contribution < 1.29 is 18.0 Å². The molecule has 2 aliphatic rings. The van der Waals surface area contributed by atoms with E-state index in [1.807, 2.05) is 17.0 Å². The maximum atomic E-state index is 13.3. The Hall–Kier alpha value is -3.65. The molecule has 2 fully saturated rings. The molecular formula is C27H27N3O4S. The monoisotopic (exact) mass is 489 g/mol. The molecule has 0 atom stereocenters. The normalized spacial score (nSPS) is 15.3. The van der Waals surface area contributed by atoms with Crippen LogP contribution in [-0.4, -0.2) is 37.2 Å². The van der Waals surface area contributed by atoms with E-state index in [9.17, 15) is 18.0 Å². The van der Waals surface area contributed by atoms with Gasteiger partial charge in [0.15, 0.2) is 0 Å². The summed E-state index contributed by atoms with van der Waals surface area (Å²) in [5.41, 5.74) is 2.47. The molecule has 2 aliphatic carbocycles. The highest BCUT2D eigenvalue weighted by molar-refractivity contribution is 7.92. The van der Waals surface area contributed by atoms with Gasteiger partial charge in [0.05, 0.1) is 4.90 Å². The second-order valence-electron chi connectivity index (χ2n) is 9.10. The Kier molecular flexibility index (Phi) is 6.30. The van der Waals surface area contributed by atoms with Crippen LogP contribution in [0.5, 0.6) is 0 Å². The molecule has 0 aromatic heterocycles. The Labute approximate surface area is 205 Å². The van der Waals surface area contributed by atoms with E-state index >= 15 is 0 Å². The van der Waals surface area contributed by atoms with Crippen LogP contribution in [-0.2, 0) is 16.6 Å². The molecule has 0 aliphatic heterocycles. The Morgan fingerprint density at radius 3 is 2.03 bits per heavy atom. The molecule has 2 N–H and O–H groups in total. The van der Waals surface area contributed by atoms with Crippen molar-refractivity contribution in [3.8, 4) is 0 Å². The lowest BCUT2D eigenvalue weighted by atomic mass is 10.1. The maximum absolute atomic E-state index is 13.3. The van der Waals surface area contributed by atoms with Gasteiger partial charge in [-0.25, -0.2) is 8.42 Å². The van der Waals surface area contributed by atoms with Gasteiger partial charge in [-0.3, -0.25) is 14.3 Å². The van der Waals surface area contributed by atoms with Crippen LogP contribution in [0.15, 0.2) is 83.8 Å². The summed E-state index contributed by atoms with van der Waals surface area (Å²) in [5, 5.41) is 2.98. The quantitative estimate of drug-likeness (QED) is 0.471. The summed E-state index contributed by atoms with van der Waals surface area (Å²) in [7, 11) is -3.69. The number of carbonyl (C=O) groups excluding carboxylic acids is 2. The zero-order valence-corrected chi connectivity index (χ0v) is 20.0. The molecule has 35 heavy (non-hydrogen) atoms. The van der Waals surface area contributed by atoms with Gasteiger partial charge in [-0.15, -0.1) is 0 Å². The first-order chi connectivity index (χ1) is 16.9. The number of hydrogen-bond donors (Lipinski definition) is 2. The molecule has 8 heteroatoms. The second kappa shape index (κ2) is 9.54. The van der Waals surface area contributed by atoms with Crippen molar-refractivity contribution in [3.63, 3.8) is 0 Å². The Bertz CT molecular complexity index is 1320. The summed E-state index contributed by atoms with van der Waals surface area (Å²) in [4.78, 5) is 27.5. The summed E-state index contributed by atoms with van der Waals surface area (Å²) in [6.07, 6.45) is 4.01. The van der Waals surface area contributed by atoms with E-state index in [0.29, 0.717) is 29.4 Å². The summed E-state index contributed by atoms with van der Waals surface area (Å²) in [6, 6.07) is 22.5. The predicted molar refractivity (Wildman–Crippen MR) is 134 cm³/mol. The average Bonchev–Trinajstić information content (AvgIpc) is 3.79. The first-order valence-corrected chi connectivity index (χ1v) is 13.3. The van der Waals surface area contributed by atoms with E-state index in [1.54, 1.807) is 54.6 Å². The molecule has 3 aromatic rings. The van der Waals surface area contributed by atoms with Crippen LogP contribution in [0.2, 0.25) is 0 Å². The highest BCUT2D eigenvalue weighted by Gasteiger charge is 2.33. The number of nitrogens with zero attached hydrogens (tertiary/aromatic N) is 1. The van der Waals surface area contributed by atoms with E-state index in [-0.39, 0.29) is 22.8 Å². The number of rotatable bonds is 9. The van der Waals surface area contributed by atoms with Crippen molar-refractivity contribution in [1.29, 1.82) is 0 Å². The van der Waals surface area contributed by atoms with Crippen molar-refractivity contribution in [2.45, 2.75) is 49.2 Å². The molecule has 5 rings (SSSR count). The van der Waals surface area contributed by atoms with Gasteiger partial charge >= 0.3 is 0 Å². The lowest BCUT2D eigenvalue weighted by Gasteiger charge is -2.23. The van der Waals surface area contributed by atoms with E-state index in [0.717, 1.165) is 31.2 Å². The molecule has 0 radical (unpaired) electrons. The molecule has 7 nitrogen and oxygen atoms in total. The molecular weight excluding hydrogens is 462 g/mol. The number of nitrogens with one attached hydrogen (secondary N) is 2. The molecule has 2 amide bonds. The Morgan fingerprint density at radius 2 is 1.43 bits per heavy atom.